The highest BCUT2D eigenvalue weighted by molar-refractivity contribution is 9.11. The van der Waals surface area contributed by atoms with Crippen LogP contribution in [0.1, 0.15) is 85.9 Å². The molecule has 4 amide bonds. The number of halogens is 4. The van der Waals surface area contributed by atoms with Gasteiger partial charge in [-0.15, -0.1) is 75.9 Å². The van der Waals surface area contributed by atoms with Gasteiger partial charge in [-0.1, -0.05) is 52.4 Å². The third-order valence-corrected chi connectivity index (χ3v) is 15.4. The van der Waals surface area contributed by atoms with Crippen LogP contribution >= 0.6 is 109 Å². The highest BCUT2D eigenvalue weighted by Crippen LogP contribution is 2.41. The number of nitrogens with zero attached hydrogens (tertiary/aromatic N) is 8. The fourth-order valence-corrected chi connectivity index (χ4v) is 11.4. The number of unbranched alkanes of at least 4 members (excludes halogenated alkanes) is 6. The Bertz CT molecular complexity index is 2340. The zero-order valence-electron chi connectivity index (χ0n) is 32.2. The van der Waals surface area contributed by atoms with Crippen LogP contribution < -0.4 is 0 Å². The van der Waals surface area contributed by atoms with E-state index in [4.69, 9.17) is 0 Å². The summed E-state index contributed by atoms with van der Waals surface area (Å²) in [6, 6.07) is 15.4. The average Bonchev–Trinajstić information content (AvgIpc) is 4.13. The number of carbonyl (C=O) groups is 4. The van der Waals surface area contributed by atoms with Crippen molar-refractivity contribution in [3.05, 3.63) is 87.0 Å². The number of fused-ring (bicyclic) bond motifs is 1. The summed E-state index contributed by atoms with van der Waals surface area (Å²) in [4.78, 5) is 54.9. The van der Waals surface area contributed by atoms with E-state index in [1.54, 1.807) is 22.7 Å². The monoisotopic (exact) mass is 1140 g/mol. The summed E-state index contributed by atoms with van der Waals surface area (Å²) in [6.45, 7) is 5.27. The van der Waals surface area contributed by atoms with Crippen LogP contribution in [0.15, 0.2) is 75.8 Å². The molecule has 0 N–H and O–H groups in total. The number of hydrogen-bond acceptors (Lipinski definition) is 14. The first-order chi connectivity index (χ1) is 29.0. The second kappa shape index (κ2) is 22.2. The third-order valence-electron chi connectivity index (χ3n) is 8.94. The quantitative estimate of drug-likeness (QED) is 0.0761. The molecule has 0 spiro atoms. The minimum absolute atomic E-state index is 0.165. The van der Waals surface area contributed by atoms with Gasteiger partial charge in [0.05, 0.1) is 45.8 Å². The first kappa shape index (κ1) is 46.3. The lowest BCUT2D eigenvalue weighted by Gasteiger charge is -2.13. The first-order valence-corrected chi connectivity index (χ1v) is 25.3. The van der Waals surface area contributed by atoms with E-state index in [9.17, 15) is 19.2 Å². The molecule has 0 saturated heterocycles. The number of hydrogen-bond donors (Lipinski definition) is 0. The van der Waals surface area contributed by atoms with Crippen LogP contribution in [0, 0.1) is 0 Å². The standard InChI is InChI=1S/C20H17Br2N3O2S2.C10H4Br2N4S2.C10H15NO2/c1-2-3-4-5-10-25-19(26)15-16(20(25)27)18(12-7-9-14(22)29-12)24-23-17(15)11-6-8-13(21)28-11;11-7-3-1-5(17-7)9-13-15-10(16-14-9)6-2-4-8(12)18-6;1-2-3-4-5-8-11-9(12)6-7-10(11)13/h6-9H,2-5,10H2,1H3;1-4H;6-7H,2-5,8H2,1H3. The number of carbonyl (C=O) groups excluding carboxylic acids is 4. The highest BCUT2D eigenvalue weighted by atomic mass is 79.9. The van der Waals surface area contributed by atoms with E-state index in [1.165, 1.54) is 57.5 Å². The molecule has 2 aliphatic rings. The fourth-order valence-electron chi connectivity index (χ4n) is 5.99. The van der Waals surface area contributed by atoms with Crippen molar-refractivity contribution in [1.29, 1.82) is 0 Å². The topological polar surface area (TPSA) is 152 Å². The molecule has 0 radical (unpaired) electrons. The second-order valence-corrected chi connectivity index (χ2v) is 23.0. The highest BCUT2D eigenvalue weighted by Gasteiger charge is 2.41. The van der Waals surface area contributed by atoms with Crippen LogP contribution in [-0.2, 0) is 9.59 Å². The van der Waals surface area contributed by atoms with Gasteiger partial charge in [-0.05, 0) is 125 Å². The zero-order chi connectivity index (χ0) is 42.8. The van der Waals surface area contributed by atoms with E-state index >= 15 is 0 Å². The molecule has 20 heteroatoms. The lowest BCUT2D eigenvalue weighted by Crippen LogP contribution is -2.30. The maximum atomic E-state index is 13.3. The molecule has 0 saturated carbocycles. The number of aromatic nitrogens is 6. The molecule has 0 fully saturated rings. The Morgan fingerprint density at radius 3 is 1.13 bits per heavy atom. The van der Waals surface area contributed by atoms with Crippen LogP contribution in [0.5, 0.6) is 0 Å². The Morgan fingerprint density at radius 1 is 0.450 bits per heavy atom. The van der Waals surface area contributed by atoms with Gasteiger partial charge in [0.1, 0.15) is 11.4 Å². The van der Waals surface area contributed by atoms with Gasteiger partial charge in [0.15, 0.2) is 0 Å². The Morgan fingerprint density at radius 2 is 0.800 bits per heavy atom. The van der Waals surface area contributed by atoms with Gasteiger partial charge in [-0.3, -0.25) is 29.0 Å². The summed E-state index contributed by atoms with van der Waals surface area (Å²) in [5.41, 5.74) is 1.69. The number of imide groups is 2. The van der Waals surface area contributed by atoms with E-state index < -0.39 is 0 Å². The van der Waals surface area contributed by atoms with Gasteiger partial charge in [0.2, 0.25) is 11.6 Å². The molecule has 6 aromatic heterocycles. The van der Waals surface area contributed by atoms with Gasteiger partial charge < -0.3 is 0 Å². The van der Waals surface area contributed by atoms with Gasteiger partial charge in [0, 0.05) is 25.2 Å². The van der Waals surface area contributed by atoms with Crippen molar-refractivity contribution < 1.29 is 19.2 Å². The normalized spacial score (nSPS) is 13.2. The van der Waals surface area contributed by atoms with Gasteiger partial charge in [-0.25, -0.2) is 0 Å². The molecule has 2 aliphatic heterocycles. The van der Waals surface area contributed by atoms with Crippen molar-refractivity contribution >= 4 is 133 Å². The molecule has 60 heavy (non-hydrogen) atoms. The molecule has 0 aliphatic carbocycles. The van der Waals surface area contributed by atoms with E-state index in [-0.39, 0.29) is 23.6 Å². The maximum Gasteiger partial charge on any atom is 0.263 e. The predicted molar refractivity (Wildman–Crippen MR) is 253 cm³/mol. The maximum absolute atomic E-state index is 13.3. The average molecular weight is 1140 g/mol. The molecule has 0 atom stereocenters. The van der Waals surface area contributed by atoms with Crippen molar-refractivity contribution in [2.75, 3.05) is 13.1 Å². The van der Waals surface area contributed by atoms with Crippen molar-refractivity contribution in [2.24, 2.45) is 0 Å². The number of rotatable bonds is 14. The molecule has 312 valence electrons. The minimum atomic E-state index is -0.271. The molecular formula is C40H36Br4N8O4S4. The number of thiophene rings is 4. The molecule has 0 bridgehead atoms. The fraction of sp³-hybridized carbons (Fsp3) is 0.300. The predicted octanol–water partition coefficient (Wildman–Crippen LogP) is 12.4. The molecular weight excluding hydrogens is 1100 g/mol. The Hall–Kier alpha value is -3.24. The molecule has 12 nitrogen and oxygen atoms in total. The van der Waals surface area contributed by atoms with Crippen molar-refractivity contribution in [1.82, 2.24) is 40.4 Å². The summed E-state index contributed by atoms with van der Waals surface area (Å²) < 4.78 is 3.93. The molecule has 8 heterocycles. The summed E-state index contributed by atoms with van der Waals surface area (Å²) in [6.07, 6.45) is 11.0. The van der Waals surface area contributed by atoms with Crippen LogP contribution in [0.4, 0.5) is 0 Å². The summed E-state index contributed by atoms with van der Waals surface area (Å²) in [5, 5.41) is 25.2. The smallest absolute Gasteiger partial charge is 0.263 e. The molecule has 6 aromatic rings. The van der Waals surface area contributed by atoms with Crippen LogP contribution in [0.25, 0.3) is 42.5 Å². The van der Waals surface area contributed by atoms with Crippen molar-refractivity contribution in [2.45, 2.75) is 65.2 Å². The first-order valence-electron chi connectivity index (χ1n) is 18.9. The third kappa shape index (κ3) is 11.6. The Kier molecular flexibility index (Phi) is 17.1. The Balaban J connectivity index is 0.000000166. The van der Waals surface area contributed by atoms with Gasteiger partial charge in [0.25, 0.3) is 23.6 Å². The molecule has 0 aromatic carbocycles. The van der Waals surface area contributed by atoms with E-state index in [1.807, 2.05) is 48.5 Å². The van der Waals surface area contributed by atoms with Crippen molar-refractivity contribution in [3.8, 4) is 42.5 Å². The zero-order valence-corrected chi connectivity index (χ0v) is 41.8. The van der Waals surface area contributed by atoms with Gasteiger partial charge >= 0.3 is 0 Å². The Labute approximate surface area is 396 Å². The lowest BCUT2D eigenvalue weighted by molar-refractivity contribution is -0.136. The van der Waals surface area contributed by atoms with Crippen LogP contribution in [0.2, 0.25) is 0 Å². The van der Waals surface area contributed by atoms with Crippen LogP contribution in [-0.4, -0.2) is 77.1 Å². The van der Waals surface area contributed by atoms with E-state index in [0.717, 1.165) is 73.2 Å². The minimum Gasteiger partial charge on any atom is -0.275 e. The SMILES string of the molecule is Brc1ccc(-c2nnc(-c3ccc(Br)s3)nn2)s1.CCCCCCN1C(=O)C=CC1=O.CCCCCCN1C(=O)c2c(-c3ccc(Br)s3)nnc(-c3ccc(Br)s3)c2C1=O. The number of amides is 4. The van der Waals surface area contributed by atoms with E-state index in [0.29, 0.717) is 47.3 Å². The summed E-state index contributed by atoms with van der Waals surface area (Å²) in [5.74, 6) is 0.221. The van der Waals surface area contributed by atoms with Crippen LogP contribution in [0.3, 0.4) is 0 Å². The summed E-state index contributed by atoms with van der Waals surface area (Å²) in [7, 11) is 0. The summed E-state index contributed by atoms with van der Waals surface area (Å²) >= 11 is 19.8. The van der Waals surface area contributed by atoms with Gasteiger partial charge in [-0.2, -0.15) is 0 Å². The van der Waals surface area contributed by atoms with E-state index in [2.05, 4.69) is 108 Å². The lowest BCUT2D eigenvalue weighted by atomic mass is 10.1. The largest absolute Gasteiger partial charge is 0.275 e. The molecule has 0 unspecified atom stereocenters. The second-order valence-electron chi connectivity index (χ2n) is 13.2. The van der Waals surface area contributed by atoms with Crippen molar-refractivity contribution in [3.63, 3.8) is 0 Å². The molecule has 8 rings (SSSR count).